The molecule has 1 heterocycles. The topological polar surface area (TPSA) is 64.8 Å². The van der Waals surface area contributed by atoms with E-state index in [-0.39, 0.29) is 6.09 Å². The van der Waals surface area contributed by atoms with Gasteiger partial charge in [0.25, 0.3) is 0 Å². The molecule has 0 aliphatic carbocycles. The van der Waals surface area contributed by atoms with Gasteiger partial charge in [0.15, 0.2) is 0 Å². The van der Waals surface area contributed by atoms with Gasteiger partial charge in [-0.3, -0.25) is 0 Å². The summed E-state index contributed by atoms with van der Waals surface area (Å²) in [6, 6.07) is 0. The Morgan fingerprint density at radius 3 is 2.76 bits per heavy atom. The van der Waals surface area contributed by atoms with E-state index in [4.69, 9.17) is 10.6 Å². The van der Waals surface area contributed by atoms with Crippen molar-refractivity contribution in [1.82, 2.24) is 4.90 Å². The van der Waals surface area contributed by atoms with Crippen molar-refractivity contribution in [2.24, 2.45) is 11.8 Å². The van der Waals surface area contributed by atoms with Crippen LogP contribution < -0.4 is 5.90 Å². The van der Waals surface area contributed by atoms with Crippen molar-refractivity contribution in [2.75, 3.05) is 19.7 Å². The molecule has 1 rings (SSSR count). The summed E-state index contributed by atoms with van der Waals surface area (Å²) in [7, 11) is 0. The van der Waals surface area contributed by atoms with E-state index in [2.05, 4.69) is 4.84 Å². The van der Waals surface area contributed by atoms with Crippen molar-refractivity contribution in [3.05, 3.63) is 0 Å². The normalized spacial score (nSPS) is 21.4. The molecule has 0 aromatic heterocycles. The average Bonchev–Trinajstić information content (AvgIpc) is 2.24. The van der Waals surface area contributed by atoms with Crippen molar-refractivity contribution >= 4 is 6.09 Å². The van der Waals surface area contributed by atoms with Gasteiger partial charge in [-0.2, -0.15) is 0 Å². The zero-order valence-electron chi connectivity index (χ0n) is 11.1. The fraction of sp³-hybridized carbons (Fsp3) is 0.917. The van der Waals surface area contributed by atoms with Crippen molar-refractivity contribution < 1.29 is 14.4 Å². The summed E-state index contributed by atoms with van der Waals surface area (Å²) >= 11 is 0. The third-order valence-corrected chi connectivity index (χ3v) is 2.81. The Hall–Kier alpha value is -0.810. The second-order valence-corrected chi connectivity index (χ2v) is 5.59. The van der Waals surface area contributed by atoms with Gasteiger partial charge in [-0.15, -0.1) is 0 Å². The second kappa shape index (κ2) is 6.21. The van der Waals surface area contributed by atoms with E-state index in [0.29, 0.717) is 12.5 Å². The third kappa shape index (κ3) is 5.37. The minimum absolute atomic E-state index is 0.212. The molecule has 17 heavy (non-hydrogen) atoms. The van der Waals surface area contributed by atoms with E-state index >= 15 is 0 Å². The molecule has 1 unspecified atom stereocenters. The molecular formula is C12H24N2O3. The lowest BCUT2D eigenvalue weighted by molar-refractivity contribution is 0.0139. The lowest BCUT2D eigenvalue weighted by Crippen LogP contribution is -2.43. The molecule has 5 nitrogen and oxygen atoms in total. The summed E-state index contributed by atoms with van der Waals surface area (Å²) < 4.78 is 5.36. The molecular weight excluding hydrogens is 220 g/mol. The SMILES string of the molecule is CC(C)(C)OC(=O)N1CCCC(CCON)C1. The molecule has 0 saturated carbocycles. The largest absolute Gasteiger partial charge is 0.444 e. The first-order chi connectivity index (χ1) is 7.92. The van der Waals surface area contributed by atoms with Crippen LogP contribution in [0.1, 0.15) is 40.0 Å². The van der Waals surface area contributed by atoms with Crippen molar-refractivity contribution in [2.45, 2.75) is 45.6 Å². The number of likely N-dealkylation sites (tertiary alicyclic amines) is 1. The molecule has 1 fully saturated rings. The van der Waals surface area contributed by atoms with Crippen LogP contribution >= 0.6 is 0 Å². The smallest absolute Gasteiger partial charge is 0.410 e. The molecule has 0 aromatic rings. The Kier molecular flexibility index (Phi) is 5.21. The first kappa shape index (κ1) is 14.3. The number of hydrogen-bond acceptors (Lipinski definition) is 4. The molecule has 0 spiro atoms. The molecule has 1 aliphatic heterocycles. The van der Waals surface area contributed by atoms with Gasteiger partial charge in [0, 0.05) is 13.1 Å². The van der Waals surface area contributed by atoms with Gasteiger partial charge in [0.05, 0.1) is 6.61 Å². The van der Waals surface area contributed by atoms with Gasteiger partial charge in [0.1, 0.15) is 5.60 Å². The number of hydrogen-bond donors (Lipinski definition) is 1. The van der Waals surface area contributed by atoms with Gasteiger partial charge in [0.2, 0.25) is 0 Å². The first-order valence-corrected chi connectivity index (χ1v) is 6.22. The van der Waals surface area contributed by atoms with Crippen LogP contribution in [-0.2, 0) is 9.57 Å². The maximum Gasteiger partial charge on any atom is 0.410 e. The highest BCUT2D eigenvalue weighted by Gasteiger charge is 2.27. The lowest BCUT2D eigenvalue weighted by Gasteiger charge is -2.34. The van der Waals surface area contributed by atoms with Crippen LogP contribution in [0, 0.1) is 5.92 Å². The highest BCUT2D eigenvalue weighted by atomic mass is 16.6. The molecule has 100 valence electrons. The van der Waals surface area contributed by atoms with E-state index in [1.165, 1.54) is 0 Å². The fourth-order valence-corrected chi connectivity index (χ4v) is 2.03. The number of nitrogens with zero attached hydrogens (tertiary/aromatic N) is 1. The fourth-order valence-electron chi connectivity index (χ4n) is 2.03. The van der Waals surface area contributed by atoms with Crippen LogP contribution in [0.5, 0.6) is 0 Å². The summed E-state index contributed by atoms with van der Waals surface area (Å²) in [4.78, 5) is 18.3. The van der Waals surface area contributed by atoms with E-state index in [0.717, 1.165) is 32.4 Å². The Morgan fingerprint density at radius 2 is 2.18 bits per heavy atom. The predicted octanol–water partition coefficient (Wildman–Crippen LogP) is 1.91. The number of nitrogens with two attached hydrogens (primary N) is 1. The number of amides is 1. The van der Waals surface area contributed by atoms with Crippen LogP contribution in [0.25, 0.3) is 0 Å². The van der Waals surface area contributed by atoms with Gasteiger partial charge < -0.3 is 14.5 Å². The number of carbonyl (C=O) groups is 1. The number of carbonyl (C=O) groups excluding carboxylic acids is 1. The van der Waals surface area contributed by atoms with E-state index in [1.807, 2.05) is 20.8 Å². The molecule has 1 saturated heterocycles. The minimum Gasteiger partial charge on any atom is -0.444 e. The standard InChI is InChI=1S/C12H24N2O3/c1-12(2,3)17-11(15)14-7-4-5-10(9-14)6-8-16-13/h10H,4-9,13H2,1-3H3. The Bertz CT molecular complexity index is 251. The monoisotopic (exact) mass is 244 g/mol. The van der Waals surface area contributed by atoms with Crippen LogP contribution in [0.15, 0.2) is 0 Å². The van der Waals surface area contributed by atoms with Gasteiger partial charge >= 0.3 is 6.09 Å². The molecule has 0 aromatic carbocycles. The molecule has 0 radical (unpaired) electrons. The lowest BCUT2D eigenvalue weighted by atomic mass is 9.95. The molecule has 1 atom stereocenters. The summed E-state index contributed by atoms with van der Waals surface area (Å²) in [5, 5.41) is 0. The maximum absolute atomic E-state index is 11.9. The third-order valence-electron chi connectivity index (χ3n) is 2.81. The van der Waals surface area contributed by atoms with Gasteiger partial charge in [-0.25, -0.2) is 10.7 Å². The maximum atomic E-state index is 11.9. The van der Waals surface area contributed by atoms with Gasteiger partial charge in [-0.1, -0.05) is 0 Å². The van der Waals surface area contributed by atoms with Gasteiger partial charge in [-0.05, 0) is 46.0 Å². The van der Waals surface area contributed by atoms with Crippen LogP contribution in [0.2, 0.25) is 0 Å². The highest BCUT2D eigenvalue weighted by Crippen LogP contribution is 2.21. The minimum atomic E-state index is -0.426. The Balaban J connectivity index is 2.40. The zero-order valence-corrected chi connectivity index (χ0v) is 11.1. The molecule has 1 aliphatic rings. The first-order valence-electron chi connectivity index (χ1n) is 6.22. The molecule has 0 bridgehead atoms. The molecule has 1 amide bonds. The van der Waals surface area contributed by atoms with E-state index < -0.39 is 5.60 Å². The van der Waals surface area contributed by atoms with Crippen molar-refractivity contribution in [1.29, 1.82) is 0 Å². The number of rotatable bonds is 3. The van der Waals surface area contributed by atoms with Crippen molar-refractivity contribution in [3.63, 3.8) is 0 Å². The van der Waals surface area contributed by atoms with Crippen LogP contribution in [0.4, 0.5) is 4.79 Å². The average molecular weight is 244 g/mol. The Morgan fingerprint density at radius 1 is 1.47 bits per heavy atom. The second-order valence-electron chi connectivity index (χ2n) is 5.59. The summed E-state index contributed by atoms with van der Waals surface area (Å²) in [6.07, 6.45) is 2.84. The summed E-state index contributed by atoms with van der Waals surface area (Å²) in [6.45, 7) is 7.73. The molecule has 5 heteroatoms. The number of ether oxygens (including phenoxy) is 1. The summed E-state index contributed by atoms with van der Waals surface area (Å²) in [5.74, 6) is 5.49. The summed E-state index contributed by atoms with van der Waals surface area (Å²) in [5.41, 5.74) is -0.426. The zero-order chi connectivity index (χ0) is 12.9. The van der Waals surface area contributed by atoms with Crippen LogP contribution in [0.3, 0.4) is 0 Å². The quantitative estimate of drug-likeness (QED) is 0.770. The van der Waals surface area contributed by atoms with Crippen molar-refractivity contribution in [3.8, 4) is 0 Å². The predicted molar refractivity (Wildman–Crippen MR) is 65.3 cm³/mol. The van der Waals surface area contributed by atoms with E-state index in [1.54, 1.807) is 4.90 Å². The Labute approximate surface area is 103 Å². The molecule has 2 N–H and O–H groups in total. The van der Waals surface area contributed by atoms with E-state index in [9.17, 15) is 4.79 Å². The number of piperidine rings is 1. The van der Waals surface area contributed by atoms with Crippen LogP contribution in [-0.4, -0.2) is 36.3 Å². The highest BCUT2D eigenvalue weighted by molar-refractivity contribution is 5.68.